The average Bonchev–Trinajstić information content (AvgIpc) is 3.28. The molecule has 152 valence electrons. The molecule has 7 heteroatoms. The summed E-state index contributed by atoms with van der Waals surface area (Å²) < 4.78 is 10.1. The maximum absolute atomic E-state index is 12.7. The quantitative estimate of drug-likeness (QED) is 0.358. The molecule has 0 radical (unpaired) electrons. The minimum atomic E-state index is -0.544. The second-order valence-corrected chi connectivity index (χ2v) is 6.32. The first kappa shape index (κ1) is 20.6. The number of nitrogens with one attached hydrogen (secondary N) is 2. The van der Waals surface area contributed by atoms with Gasteiger partial charge in [0.1, 0.15) is 11.4 Å². The van der Waals surface area contributed by atoms with Crippen LogP contribution in [0.2, 0.25) is 0 Å². The van der Waals surface area contributed by atoms with Crippen molar-refractivity contribution in [2.75, 3.05) is 0 Å². The molecule has 0 saturated carbocycles. The lowest BCUT2D eigenvalue weighted by molar-refractivity contribution is -0.131. The van der Waals surface area contributed by atoms with Gasteiger partial charge < -0.3 is 19.8 Å². The Hall–Kier alpha value is -4.13. The van der Waals surface area contributed by atoms with Crippen LogP contribution in [0, 0.1) is 0 Å². The maximum atomic E-state index is 12.7. The Labute approximate surface area is 173 Å². The lowest BCUT2D eigenvalue weighted by Crippen LogP contribution is -2.34. The fourth-order valence-corrected chi connectivity index (χ4v) is 2.59. The summed E-state index contributed by atoms with van der Waals surface area (Å²) in [5.74, 6) is -0.957. The summed E-state index contributed by atoms with van der Waals surface area (Å²) in [7, 11) is 0. The van der Waals surface area contributed by atoms with Crippen LogP contribution < -0.4 is 15.4 Å². The molecule has 0 aliphatic heterocycles. The van der Waals surface area contributed by atoms with Gasteiger partial charge in [0.2, 0.25) is 0 Å². The molecular formula is C23H20N2O5. The van der Waals surface area contributed by atoms with Crippen LogP contribution in [0.15, 0.2) is 83.1 Å². The van der Waals surface area contributed by atoms with E-state index in [1.807, 2.05) is 30.3 Å². The zero-order chi connectivity index (χ0) is 21.3. The van der Waals surface area contributed by atoms with Gasteiger partial charge in [-0.1, -0.05) is 42.5 Å². The Bertz CT molecular complexity index is 1040. The number of hydrogen-bond donors (Lipinski definition) is 2. The van der Waals surface area contributed by atoms with Crippen molar-refractivity contribution >= 4 is 23.9 Å². The number of hydrogen-bond acceptors (Lipinski definition) is 5. The Balaban J connectivity index is 1.78. The highest BCUT2D eigenvalue weighted by Gasteiger charge is 2.16. The number of benzene rings is 2. The van der Waals surface area contributed by atoms with E-state index in [0.29, 0.717) is 17.9 Å². The van der Waals surface area contributed by atoms with Crippen LogP contribution in [0.3, 0.4) is 0 Å². The maximum Gasteiger partial charge on any atom is 0.308 e. The third kappa shape index (κ3) is 5.93. The van der Waals surface area contributed by atoms with Crippen LogP contribution >= 0.6 is 0 Å². The van der Waals surface area contributed by atoms with Crippen molar-refractivity contribution < 1.29 is 23.5 Å². The van der Waals surface area contributed by atoms with Crippen molar-refractivity contribution in [2.24, 2.45) is 0 Å². The second-order valence-electron chi connectivity index (χ2n) is 6.32. The predicted octanol–water partition coefficient (Wildman–Crippen LogP) is 3.29. The van der Waals surface area contributed by atoms with Gasteiger partial charge in [-0.2, -0.15) is 0 Å². The van der Waals surface area contributed by atoms with E-state index in [-0.39, 0.29) is 11.5 Å². The molecule has 0 fully saturated rings. The van der Waals surface area contributed by atoms with E-state index in [4.69, 9.17) is 9.15 Å². The molecule has 0 spiro atoms. The predicted molar refractivity (Wildman–Crippen MR) is 110 cm³/mol. The summed E-state index contributed by atoms with van der Waals surface area (Å²) in [5, 5.41) is 5.37. The van der Waals surface area contributed by atoms with E-state index in [0.717, 1.165) is 5.56 Å². The van der Waals surface area contributed by atoms with Gasteiger partial charge in [-0.25, -0.2) is 0 Å². The van der Waals surface area contributed by atoms with Crippen molar-refractivity contribution in [3.8, 4) is 5.75 Å². The van der Waals surface area contributed by atoms with Gasteiger partial charge in [0, 0.05) is 13.5 Å². The topological polar surface area (TPSA) is 97.6 Å². The fraction of sp³-hybridized carbons (Fsp3) is 0.0870. The van der Waals surface area contributed by atoms with Gasteiger partial charge in [-0.3, -0.25) is 14.4 Å². The Morgan fingerprint density at radius 2 is 1.70 bits per heavy atom. The zero-order valence-corrected chi connectivity index (χ0v) is 16.3. The summed E-state index contributed by atoms with van der Waals surface area (Å²) in [6.45, 7) is 1.62. The molecule has 3 aromatic rings. The molecule has 0 saturated heterocycles. The molecule has 0 bridgehead atoms. The molecule has 0 aliphatic rings. The highest BCUT2D eigenvalue weighted by atomic mass is 16.5. The van der Waals surface area contributed by atoms with Gasteiger partial charge in [-0.15, -0.1) is 0 Å². The zero-order valence-electron chi connectivity index (χ0n) is 16.3. The summed E-state index contributed by atoms with van der Waals surface area (Å²) in [4.78, 5) is 36.2. The molecule has 3 rings (SSSR count). The number of esters is 1. The van der Waals surface area contributed by atoms with Crippen molar-refractivity contribution in [1.29, 1.82) is 0 Å². The average molecular weight is 404 g/mol. The highest BCUT2D eigenvalue weighted by Crippen LogP contribution is 2.15. The smallest absolute Gasteiger partial charge is 0.308 e. The molecule has 2 amide bonds. The van der Waals surface area contributed by atoms with Gasteiger partial charge >= 0.3 is 5.97 Å². The molecule has 30 heavy (non-hydrogen) atoms. The van der Waals surface area contributed by atoms with Crippen molar-refractivity contribution in [2.45, 2.75) is 13.5 Å². The molecule has 0 atom stereocenters. The van der Waals surface area contributed by atoms with E-state index in [2.05, 4.69) is 10.6 Å². The van der Waals surface area contributed by atoms with E-state index in [1.165, 1.54) is 25.3 Å². The first-order valence-corrected chi connectivity index (χ1v) is 9.18. The first-order chi connectivity index (χ1) is 14.5. The number of furan rings is 1. The number of carbonyl (C=O) groups excluding carboxylic acids is 3. The lowest BCUT2D eigenvalue weighted by atomic mass is 10.1. The van der Waals surface area contributed by atoms with Crippen molar-refractivity contribution in [3.63, 3.8) is 0 Å². The van der Waals surface area contributed by atoms with Crippen LogP contribution in [0.5, 0.6) is 5.75 Å². The monoisotopic (exact) mass is 404 g/mol. The van der Waals surface area contributed by atoms with Gasteiger partial charge in [0.05, 0.1) is 6.26 Å². The minimum absolute atomic E-state index is 0.0487. The number of rotatable bonds is 7. The minimum Gasteiger partial charge on any atom is -0.459 e. The summed E-state index contributed by atoms with van der Waals surface area (Å²) >= 11 is 0. The first-order valence-electron chi connectivity index (χ1n) is 9.18. The third-order valence-electron chi connectivity index (χ3n) is 3.99. The number of amides is 2. The third-order valence-corrected chi connectivity index (χ3v) is 3.99. The lowest BCUT2D eigenvalue weighted by Gasteiger charge is -2.11. The van der Waals surface area contributed by atoms with Crippen molar-refractivity contribution in [1.82, 2.24) is 10.6 Å². The van der Waals surface area contributed by atoms with Crippen LogP contribution in [0.25, 0.3) is 6.08 Å². The van der Waals surface area contributed by atoms with Crippen LogP contribution in [0.1, 0.15) is 28.6 Å². The number of ether oxygens (including phenoxy) is 1. The Morgan fingerprint density at radius 1 is 0.967 bits per heavy atom. The van der Waals surface area contributed by atoms with Gasteiger partial charge in [0.15, 0.2) is 5.76 Å². The molecular weight excluding hydrogens is 384 g/mol. The fourth-order valence-electron chi connectivity index (χ4n) is 2.59. The Morgan fingerprint density at radius 3 is 2.33 bits per heavy atom. The molecule has 1 aromatic heterocycles. The Kier molecular flexibility index (Phi) is 6.78. The van der Waals surface area contributed by atoms with E-state index in [1.54, 1.807) is 30.3 Å². The molecule has 2 aromatic carbocycles. The highest BCUT2D eigenvalue weighted by molar-refractivity contribution is 6.04. The van der Waals surface area contributed by atoms with E-state index < -0.39 is 17.8 Å². The molecule has 0 aliphatic carbocycles. The van der Waals surface area contributed by atoms with Crippen LogP contribution in [-0.2, 0) is 16.1 Å². The van der Waals surface area contributed by atoms with Crippen LogP contribution in [-0.4, -0.2) is 17.8 Å². The van der Waals surface area contributed by atoms with E-state index >= 15 is 0 Å². The molecule has 2 N–H and O–H groups in total. The number of carbonyl (C=O) groups is 3. The molecule has 0 unspecified atom stereocenters. The van der Waals surface area contributed by atoms with Gasteiger partial charge in [-0.05, 0) is 41.5 Å². The standard InChI is InChI=1S/C23H20N2O5/c1-16(26)30-19-11-9-17(10-12-19)14-20(25-23(28)21-8-5-13-29-21)22(27)24-15-18-6-3-2-4-7-18/h2-14H,15H2,1H3,(H,24,27)(H,25,28)/b20-14+. The molecule has 1 heterocycles. The second kappa shape index (κ2) is 9.88. The SMILES string of the molecule is CC(=O)Oc1ccc(/C=C(/NC(=O)c2ccco2)C(=O)NCc2ccccc2)cc1. The summed E-state index contributed by atoms with van der Waals surface area (Å²) in [6, 6.07) is 19.0. The van der Waals surface area contributed by atoms with Crippen molar-refractivity contribution in [3.05, 3.63) is 95.6 Å². The molecule has 7 nitrogen and oxygen atoms in total. The normalized spacial score (nSPS) is 10.9. The largest absolute Gasteiger partial charge is 0.459 e. The van der Waals surface area contributed by atoms with Crippen LogP contribution in [0.4, 0.5) is 0 Å². The van der Waals surface area contributed by atoms with E-state index in [9.17, 15) is 14.4 Å². The van der Waals surface area contributed by atoms with Gasteiger partial charge in [0.25, 0.3) is 11.8 Å². The summed E-state index contributed by atoms with van der Waals surface area (Å²) in [5.41, 5.74) is 1.61. The summed E-state index contributed by atoms with van der Waals surface area (Å²) in [6.07, 6.45) is 2.90.